The summed E-state index contributed by atoms with van der Waals surface area (Å²) in [4.78, 5) is 18.2. The Bertz CT molecular complexity index is 400. The molecule has 0 radical (unpaired) electrons. The van der Waals surface area contributed by atoms with E-state index >= 15 is 0 Å². The zero-order valence-electron chi connectivity index (χ0n) is 8.69. The highest BCUT2D eigenvalue weighted by Crippen LogP contribution is 2.28. The normalized spacial score (nSPS) is 15.3. The summed E-state index contributed by atoms with van der Waals surface area (Å²) in [5, 5.41) is 0.864. The zero-order chi connectivity index (χ0) is 10.8. The third kappa shape index (κ3) is 2.22. The largest absolute Gasteiger partial charge is 0.348 e. The minimum Gasteiger partial charge on any atom is -0.348 e. The molecule has 15 heavy (non-hydrogen) atoms. The lowest BCUT2D eigenvalue weighted by Crippen LogP contribution is -2.35. The van der Waals surface area contributed by atoms with Crippen molar-refractivity contribution in [2.75, 3.05) is 16.8 Å². The predicted octanol–water partition coefficient (Wildman–Crippen LogP) is 1.14. The molecule has 0 spiro atoms. The second-order valence-corrected chi connectivity index (χ2v) is 4.57. The Balaban J connectivity index is 2.32. The smallest absolute Gasteiger partial charge is 0.293 e. The highest BCUT2D eigenvalue weighted by molar-refractivity contribution is 9.09. The number of nitrogens with zero attached hydrogens (tertiary/aromatic N) is 3. The van der Waals surface area contributed by atoms with E-state index in [0.717, 1.165) is 11.9 Å². The van der Waals surface area contributed by atoms with Crippen LogP contribution in [0.2, 0.25) is 0 Å². The fraction of sp³-hybridized carbons (Fsp3) is 0.600. The maximum absolute atomic E-state index is 11.9. The molecule has 1 aromatic rings. The van der Waals surface area contributed by atoms with E-state index in [1.807, 2.05) is 0 Å². The fourth-order valence-corrected chi connectivity index (χ4v) is 2.00. The number of alkyl halides is 1. The standard InChI is InChI=1S/C10H14BrN3O/c1-13-7-5-12-9(10(13)15)14(6-4-11)8-2-3-8/h5,7-8H,2-4,6H2,1H3. The Labute approximate surface area is 97.1 Å². The van der Waals surface area contributed by atoms with Gasteiger partial charge in [0.15, 0.2) is 5.82 Å². The molecule has 0 aliphatic heterocycles. The van der Waals surface area contributed by atoms with Gasteiger partial charge >= 0.3 is 0 Å². The summed E-state index contributed by atoms with van der Waals surface area (Å²) in [5.41, 5.74) is -0.00894. The molecule has 82 valence electrons. The van der Waals surface area contributed by atoms with Gasteiger partial charge in [0.2, 0.25) is 0 Å². The van der Waals surface area contributed by atoms with Gasteiger partial charge in [-0.05, 0) is 12.8 Å². The molecule has 0 bridgehead atoms. The van der Waals surface area contributed by atoms with Crippen molar-refractivity contribution < 1.29 is 0 Å². The first kappa shape index (κ1) is 10.7. The van der Waals surface area contributed by atoms with Crippen molar-refractivity contribution >= 4 is 21.7 Å². The third-order valence-electron chi connectivity index (χ3n) is 2.58. The second kappa shape index (κ2) is 4.35. The van der Waals surface area contributed by atoms with Gasteiger partial charge in [-0.15, -0.1) is 0 Å². The number of aryl methyl sites for hydroxylation is 1. The number of rotatable bonds is 4. The van der Waals surface area contributed by atoms with Crippen LogP contribution >= 0.6 is 15.9 Å². The van der Waals surface area contributed by atoms with Crippen LogP contribution in [0.15, 0.2) is 17.2 Å². The summed E-state index contributed by atoms with van der Waals surface area (Å²) in [6.07, 6.45) is 5.71. The van der Waals surface area contributed by atoms with Gasteiger partial charge in [0.1, 0.15) is 0 Å². The molecule has 1 aliphatic rings. The van der Waals surface area contributed by atoms with Gasteiger partial charge in [-0.25, -0.2) is 4.98 Å². The lowest BCUT2D eigenvalue weighted by Gasteiger charge is -2.21. The average molecular weight is 272 g/mol. The van der Waals surface area contributed by atoms with Crippen molar-refractivity contribution in [1.29, 1.82) is 0 Å². The van der Waals surface area contributed by atoms with Crippen molar-refractivity contribution in [3.63, 3.8) is 0 Å². The van der Waals surface area contributed by atoms with Crippen molar-refractivity contribution in [3.05, 3.63) is 22.7 Å². The average Bonchev–Trinajstić information content (AvgIpc) is 3.03. The number of hydrogen-bond donors (Lipinski definition) is 0. The lowest BCUT2D eigenvalue weighted by molar-refractivity contribution is 0.766. The molecule has 0 unspecified atom stereocenters. The molecule has 0 aromatic carbocycles. The van der Waals surface area contributed by atoms with E-state index in [4.69, 9.17) is 0 Å². The Morgan fingerprint density at radius 2 is 2.40 bits per heavy atom. The maximum atomic E-state index is 11.9. The van der Waals surface area contributed by atoms with Crippen molar-refractivity contribution in [2.24, 2.45) is 7.05 Å². The Hall–Kier alpha value is -0.840. The first-order chi connectivity index (χ1) is 7.24. The highest BCUT2D eigenvalue weighted by Gasteiger charge is 2.30. The minimum atomic E-state index is -0.00894. The van der Waals surface area contributed by atoms with Gasteiger partial charge < -0.3 is 9.47 Å². The molecule has 2 rings (SSSR count). The second-order valence-electron chi connectivity index (χ2n) is 3.78. The van der Waals surface area contributed by atoms with Gasteiger partial charge in [-0.3, -0.25) is 4.79 Å². The molecular weight excluding hydrogens is 258 g/mol. The molecule has 0 saturated heterocycles. The molecule has 4 nitrogen and oxygen atoms in total. The van der Waals surface area contributed by atoms with Crippen LogP contribution in [0.1, 0.15) is 12.8 Å². The van der Waals surface area contributed by atoms with E-state index in [2.05, 4.69) is 25.8 Å². The molecule has 1 saturated carbocycles. The predicted molar refractivity (Wildman–Crippen MR) is 63.6 cm³/mol. The van der Waals surface area contributed by atoms with Gasteiger partial charge in [-0.1, -0.05) is 15.9 Å². The van der Waals surface area contributed by atoms with Crippen LogP contribution in [0.4, 0.5) is 5.82 Å². The van der Waals surface area contributed by atoms with Gasteiger partial charge in [0, 0.05) is 37.4 Å². The molecule has 0 amide bonds. The molecule has 1 aromatic heterocycles. The van der Waals surface area contributed by atoms with E-state index < -0.39 is 0 Å². The van der Waals surface area contributed by atoms with Gasteiger partial charge in [0.25, 0.3) is 5.56 Å². The number of aromatic nitrogens is 2. The molecule has 1 fully saturated rings. The monoisotopic (exact) mass is 271 g/mol. The zero-order valence-corrected chi connectivity index (χ0v) is 10.3. The lowest BCUT2D eigenvalue weighted by atomic mass is 10.4. The number of hydrogen-bond acceptors (Lipinski definition) is 3. The summed E-state index contributed by atoms with van der Waals surface area (Å²) in [5.74, 6) is 0.585. The van der Waals surface area contributed by atoms with Crippen LogP contribution in [0.3, 0.4) is 0 Å². The Kier molecular flexibility index (Phi) is 3.09. The molecule has 0 N–H and O–H groups in total. The maximum Gasteiger partial charge on any atom is 0.293 e. The Morgan fingerprint density at radius 1 is 1.67 bits per heavy atom. The van der Waals surface area contributed by atoms with E-state index in [9.17, 15) is 4.79 Å². The van der Waals surface area contributed by atoms with Gasteiger partial charge in [-0.2, -0.15) is 0 Å². The molecule has 5 heteroatoms. The summed E-state index contributed by atoms with van der Waals surface area (Å²) < 4.78 is 1.58. The minimum absolute atomic E-state index is 0.00894. The topological polar surface area (TPSA) is 38.1 Å². The van der Waals surface area contributed by atoms with Crippen molar-refractivity contribution in [1.82, 2.24) is 9.55 Å². The van der Waals surface area contributed by atoms with Gasteiger partial charge in [0.05, 0.1) is 0 Å². The molecule has 1 aliphatic carbocycles. The summed E-state index contributed by atoms with van der Waals surface area (Å²) >= 11 is 3.41. The third-order valence-corrected chi connectivity index (χ3v) is 2.94. The quantitative estimate of drug-likeness (QED) is 0.771. The van der Waals surface area contributed by atoms with E-state index in [-0.39, 0.29) is 5.56 Å². The summed E-state index contributed by atoms with van der Waals surface area (Å²) in [6.45, 7) is 0.844. The van der Waals surface area contributed by atoms with Crippen LogP contribution in [0, 0.1) is 0 Å². The van der Waals surface area contributed by atoms with Crippen LogP contribution in [0.5, 0.6) is 0 Å². The van der Waals surface area contributed by atoms with E-state index in [1.54, 1.807) is 24.0 Å². The van der Waals surface area contributed by atoms with E-state index in [1.165, 1.54) is 12.8 Å². The van der Waals surface area contributed by atoms with E-state index in [0.29, 0.717) is 11.9 Å². The first-order valence-corrected chi connectivity index (χ1v) is 6.20. The molecule has 0 atom stereocenters. The fourth-order valence-electron chi connectivity index (χ4n) is 1.62. The van der Waals surface area contributed by atoms with Crippen LogP contribution in [0.25, 0.3) is 0 Å². The Morgan fingerprint density at radius 3 is 3.00 bits per heavy atom. The number of halogens is 1. The van der Waals surface area contributed by atoms with Crippen molar-refractivity contribution in [2.45, 2.75) is 18.9 Å². The highest BCUT2D eigenvalue weighted by atomic mass is 79.9. The van der Waals surface area contributed by atoms with Crippen LogP contribution < -0.4 is 10.5 Å². The summed E-state index contributed by atoms with van der Waals surface area (Å²) in [6, 6.07) is 0.519. The SMILES string of the molecule is Cn1ccnc(N(CCBr)C2CC2)c1=O. The van der Waals surface area contributed by atoms with Crippen LogP contribution in [-0.2, 0) is 7.05 Å². The molecular formula is C10H14BrN3O. The van der Waals surface area contributed by atoms with Crippen LogP contribution in [-0.4, -0.2) is 27.5 Å². The first-order valence-electron chi connectivity index (χ1n) is 5.08. The summed E-state index contributed by atoms with van der Waals surface area (Å²) in [7, 11) is 1.76. The van der Waals surface area contributed by atoms with Crippen molar-refractivity contribution in [3.8, 4) is 0 Å². The number of anilines is 1. The molecule has 1 heterocycles.